The van der Waals surface area contributed by atoms with E-state index in [2.05, 4.69) is 29.0 Å². The van der Waals surface area contributed by atoms with Crippen molar-refractivity contribution in [1.82, 2.24) is 15.1 Å². The number of rotatable bonds is 7. The number of aryl methyl sites for hydroxylation is 2. The maximum Gasteiger partial charge on any atom is 0.221 e. The summed E-state index contributed by atoms with van der Waals surface area (Å²) in [7, 11) is 1.87. The number of nitrogens with one attached hydrogen (secondary N) is 1. The number of aliphatic imine (C=N–C) groups is 1. The molecule has 0 amide bonds. The molecule has 1 aromatic heterocycles. The average molecular weight is 280 g/mol. The van der Waals surface area contributed by atoms with E-state index in [1.165, 1.54) is 0 Å². The van der Waals surface area contributed by atoms with Crippen LogP contribution in [-0.4, -0.2) is 36.2 Å². The van der Waals surface area contributed by atoms with Gasteiger partial charge in [-0.2, -0.15) is 5.10 Å². The minimum absolute atomic E-state index is 0.605. The molecule has 0 atom stereocenters. The van der Waals surface area contributed by atoms with Crippen LogP contribution in [0.4, 0.5) is 0 Å². The van der Waals surface area contributed by atoms with E-state index in [-0.39, 0.29) is 0 Å². The standard InChI is InChI=1S/C13H22N4O.C2H6/c1-6-11(14-4)12-10(3)16-17(5)13(12)18-9-8-15-7-2;1-2/h6,15H,4,7-9H2,1-3,5H3;1-2H3/b11-6-;. The summed E-state index contributed by atoms with van der Waals surface area (Å²) in [5.41, 5.74) is 2.63. The second-order valence-corrected chi connectivity index (χ2v) is 3.92. The number of hydrogen-bond donors (Lipinski definition) is 1. The summed E-state index contributed by atoms with van der Waals surface area (Å²) in [6.07, 6.45) is 1.91. The summed E-state index contributed by atoms with van der Waals surface area (Å²) >= 11 is 0. The SMILES string of the molecule is C=N/C(=C\C)c1c(C)nn(C)c1OCCNCC.CC. The lowest BCUT2D eigenvalue weighted by atomic mass is 10.2. The number of hydrogen-bond acceptors (Lipinski definition) is 4. The smallest absolute Gasteiger partial charge is 0.221 e. The summed E-state index contributed by atoms with van der Waals surface area (Å²) in [6.45, 7) is 15.9. The molecule has 5 nitrogen and oxygen atoms in total. The minimum Gasteiger partial charge on any atom is -0.476 e. The summed E-state index contributed by atoms with van der Waals surface area (Å²) in [4.78, 5) is 4.02. The summed E-state index contributed by atoms with van der Waals surface area (Å²) in [5.74, 6) is 0.742. The molecule has 0 spiro atoms. The van der Waals surface area contributed by atoms with Crippen LogP contribution in [0.2, 0.25) is 0 Å². The molecule has 20 heavy (non-hydrogen) atoms. The molecule has 0 aliphatic heterocycles. The first kappa shape index (κ1) is 18.4. The Morgan fingerprint density at radius 1 is 1.50 bits per heavy atom. The first-order valence-electron chi connectivity index (χ1n) is 7.16. The van der Waals surface area contributed by atoms with Crippen LogP contribution in [0.5, 0.6) is 5.88 Å². The first-order chi connectivity index (χ1) is 9.65. The van der Waals surface area contributed by atoms with Crippen molar-refractivity contribution in [2.75, 3.05) is 19.7 Å². The Morgan fingerprint density at radius 2 is 2.15 bits per heavy atom. The molecular weight excluding hydrogens is 252 g/mol. The Bertz CT molecular complexity index is 435. The topological polar surface area (TPSA) is 51.4 Å². The van der Waals surface area contributed by atoms with Crippen molar-refractivity contribution >= 4 is 12.4 Å². The van der Waals surface area contributed by atoms with Crippen LogP contribution >= 0.6 is 0 Å². The largest absolute Gasteiger partial charge is 0.476 e. The lowest BCUT2D eigenvalue weighted by Crippen LogP contribution is -2.21. The van der Waals surface area contributed by atoms with Crippen LogP contribution in [0.15, 0.2) is 11.1 Å². The molecular formula is C15H28N4O. The van der Waals surface area contributed by atoms with E-state index in [0.717, 1.165) is 35.9 Å². The third-order valence-electron chi connectivity index (χ3n) is 2.64. The highest BCUT2D eigenvalue weighted by molar-refractivity contribution is 5.72. The molecule has 0 aliphatic rings. The van der Waals surface area contributed by atoms with Gasteiger partial charge in [-0.3, -0.25) is 4.99 Å². The Kier molecular flexibility index (Phi) is 9.38. The Labute approximate surface area is 122 Å². The van der Waals surface area contributed by atoms with Crippen LogP contribution in [-0.2, 0) is 7.05 Å². The average Bonchev–Trinajstić information content (AvgIpc) is 2.74. The van der Waals surface area contributed by atoms with Gasteiger partial charge in [-0.05, 0) is 27.1 Å². The van der Waals surface area contributed by atoms with Gasteiger partial charge in [-0.25, -0.2) is 4.68 Å². The lowest BCUT2D eigenvalue weighted by Gasteiger charge is -2.09. The normalized spacial score (nSPS) is 10.8. The molecule has 5 heteroatoms. The molecule has 1 rings (SSSR count). The fourth-order valence-electron chi connectivity index (χ4n) is 1.81. The van der Waals surface area contributed by atoms with E-state index < -0.39 is 0 Å². The Balaban J connectivity index is 0.00000172. The number of ether oxygens (including phenoxy) is 1. The second-order valence-electron chi connectivity index (χ2n) is 3.92. The molecule has 0 fully saturated rings. The van der Waals surface area contributed by atoms with Crippen molar-refractivity contribution in [2.24, 2.45) is 12.0 Å². The molecule has 1 aromatic rings. The summed E-state index contributed by atoms with van der Waals surface area (Å²) < 4.78 is 7.53. The zero-order chi connectivity index (χ0) is 15.5. The monoisotopic (exact) mass is 280 g/mol. The number of allylic oxidation sites excluding steroid dienone is 1. The first-order valence-corrected chi connectivity index (χ1v) is 7.16. The van der Waals surface area contributed by atoms with Gasteiger partial charge in [-0.15, -0.1) is 0 Å². The van der Waals surface area contributed by atoms with Gasteiger partial charge in [0.05, 0.1) is 17.0 Å². The van der Waals surface area contributed by atoms with Crippen LogP contribution in [0.1, 0.15) is 39.0 Å². The number of nitrogens with zero attached hydrogens (tertiary/aromatic N) is 3. The second kappa shape index (κ2) is 10.2. The van der Waals surface area contributed by atoms with E-state index in [1.807, 2.05) is 40.8 Å². The van der Waals surface area contributed by atoms with Crippen molar-refractivity contribution in [3.63, 3.8) is 0 Å². The van der Waals surface area contributed by atoms with Crippen LogP contribution in [0.3, 0.4) is 0 Å². The fraction of sp³-hybridized carbons (Fsp3) is 0.600. The maximum atomic E-state index is 5.78. The van der Waals surface area contributed by atoms with Gasteiger partial charge < -0.3 is 10.1 Å². The third-order valence-corrected chi connectivity index (χ3v) is 2.64. The summed E-state index contributed by atoms with van der Waals surface area (Å²) in [6, 6.07) is 0. The van der Waals surface area contributed by atoms with Crippen molar-refractivity contribution in [3.8, 4) is 5.88 Å². The minimum atomic E-state index is 0.605. The molecule has 0 saturated heterocycles. The highest BCUT2D eigenvalue weighted by Crippen LogP contribution is 2.29. The lowest BCUT2D eigenvalue weighted by molar-refractivity contribution is 0.288. The van der Waals surface area contributed by atoms with Crippen LogP contribution in [0.25, 0.3) is 5.70 Å². The molecule has 0 radical (unpaired) electrons. The molecule has 1 heterocycles. The van der Waals surface area contributed by atoms with Gasteiger partial charge in [0.25, 0.3) is 0 Å². The Morgan fingerprint density at radius 3 is 2.65 bits per heavy atom. The van der Waals surface area contributed by atoms with E-state index in [4.69, 9.17) is 4.74 Å². The zero-order valence-corrected chi connectivity index (χ0v) is 13.7. The fourth-order valence-corrected chi connectivity index (χ4v) is 1.81. The Hall–Kier alpha value is -1.62. The van der Waals surface area contributed by atoms with Crippen LogP contribution in [0, 0.1) is 6.92 Å². The quantitative estimate of drug-likeness (QED) is 0.617. The molecule has 114 valence electrons. The highest BCUT2D eigenvalue weighted by atomic mass is 16.5. The van der Waals surface area contributed by atoms with Crippen molar-refractivity contribution in [1.29, 1.82) is 0 Å². The van der Waals surface area contributed by atoms with Gasteiger partial charge >= 0.3 is 0 Å². The van der Waals surface area contributed by atoms with Crippen molar-refractivity contribution < 1.29 is 4.74 Å². The van der Waals surface area contributed by atoms with Gasteiger partial charge in [0.1, 0.15) is 6.61 Å². The molecule has 0 unspecified atom stereocenters. The van der Waals surface area contributed by atoms with Crippen LogP contribution < -0.4 is 10.1 Å². The van der Waals surface area contributed by atoms with Gasteiger partial charge in [0, 0.05) is 13.6 Å². The zero-order valence-electron chi connectivity index (χ0n) is 13.7. The number of aromatic nitrogens is 2. The molecule has 1 N–H and O–H groups in total. The van der Waals surface area contributed by atoms with Crippen molar-refractivity contribution in [2.45, 2.75) is 34.6 Å². The molecule has 0 bridgehead atoms. The molecule has 0 aliphatic carbocycles. The van der Waals surface area contributed by atoms with E-state index in [0.29, 0.717) is 6.61 Å². The molecule has 0 saturated carbocycles. The predicted molar refractivity (Wildman–Crippen MR) is 86.5 cm³/mol. The van der Waals surface area contributed by atoms with E-state index >= 15 is 0 Å². The molecule has 0 aromatic carbocycles. The van der Waals surface area contributed by atoms with Crippen molar-refractivity contribution in [3.05, 3.63) is 17.3 Å². The van der Waals surface area contributed by atoms with Gasteiger partial charge in [0.2, 0.25) is 5.88 Å². The summed E-state index contributed by atoms with van der Waals surface area (Å²) in [5, 5.41) is 7.59. The van der Waals surface area contributed by atoms with Gasteiger partial charge in [0.15, 0.2) is 0 Å². The number of likely N-dealkylation sites (N-methyl/N-ethyl adjacent to an activating group) is 1. The highest BCUT2D eigenvalue weighted by Gasteiger charge is 2.17. The van der Waals surface area contributed by atoms with E-state index in [1.54, 1.807) is 4.68 Å². The van der Waals surface area contributed by atoms with Gasteiger partial charge in [-0.1, -0.05) is 26.8 Å². The third kappa shape index (κ3) is 4.81. The predicted octanol–water partition coefficient (Wildman–Crippen LogP) is 2.80. The maximum absolute atomic E-state index is 5.78. The van der Waals surface area contributed by atoms with E-state index in [9.17, 15) is 0 Å².